The third-order valence-corrected chi connectivity index (χ3v) is 4.77. The predicted molar refractivity (Wildman–Crippen MR) is 130 cm³/mol. The summed E-state index contributed by atoms with van der Waals surface area (Å²) in [7, 11) is 2.86. The minimum atomic E-state index is -0.514. The van der Waals surface area contributed by atoms with E-state index in [0.29, 0.717) is 23.2 Å². The zero-order valence-electron chi connectivity index (χ0n) is 20.0. The maximum atomic E-state index is 12.5. The molecule has 0 heterocycles. The number of benzene rings is 2. The van der Waals surface area contributed by atoms with Crippen molar-refractivity contribution in [2.45, 2.75) is 46.0 Å². The number of ether oxygens (including phenoxy) is 3. The van der Waals surface area contributed by atoms with E-state index in [-0.39, 0.29) is 23.2 Å². The van der Waals surface area contributed by atoms with Gasteiger partial charge in [0.2, 0.25) is 11.7 Å². The van der Waals surface area contributed by atoms with E-state index in [4.69, 9.17) is 14.2 Å². The van der Waals surface area contributed by atoms with Crippen LogP contribution in [0.3, 0.4) is 0 Å². The quantitative estimate of drug-likeness (QED) is 0.157. The van der Waals surface area contributed by atoms with E-state index in [1.54, 1.807) is 36.4 Å². The highest BCUT2D eigenvalue weighted by Crippen LogP contribution is 2.38. The molecule has 0 aromatic heterocycles. The van der Waals surface area contributed by atoms with Gasteiger partial charge in [0, 0.05) is 30.2 Å². The van der Waals surface area contributed by atoms with Crippen molar-refractivity contribution in [1.82, 2.24) is 5.43 Å². The number of amides is 2. The van der Waals surface area contributed by atoms with Crippen molar-refractivity contribution in [3.05, 3.63) is 47.5 Å². The van der Waals surface area contributed by atoms with Crippen molar-refractivity contribution >= 4 is 29.7 Å². The van der Waals surface area contributed by atoms with Crippen LogP contribution in [-0.4, -0.2) is 38.2 Å². The second-order valence-electron chi connectivity index (χ2n) is 7.49. The number of methoxy groups -OCH3 is 2. The second-order valence-corrected chi connectivity index (χ2v) is 7.49. The molecule has 9 heteroatoms. The summed E-state index contributed by atoms with van der Waals surface area (Å²) in [5.41, 5.74) is 3.90. The van der Waals surface area contributed by atoms with Gasteiger partial charge in [0.15, 0.2) is 11.5 Å². The molecule has 2 aromatic carbocycles. The first-order chi connectivity index (χ1) is 16.4. The van der Waals surface area contributed by atoms with Gasteiger partial charge in [-0.1, -0.05) is 32.3 Å². The number of hydrogen-bond donors (Lipinski definition) is 2. The molecule has 34 heavy (non-hydrogen) atoms. The number of nitrogens with one attached hydrogen (secondary N) is 2. The van der Waals surface area contributed by atoms with Crippen LogP contribution in [-0.2, 0) is 9.59 Å². The Morgan fingerprint density at radius 3 is 2.32 bits per heavy atom. The van der Waals surface area contributed by atoms with Crippen LogP contribution in [0.5, 0.6) is 17.2 Å². The van der Waals surface area contributed by atoms with Gasteiger partial charge in [-0.15, -0.1) is 0 Å². The number of hydrazone groups is 1. The number of carbonyl (C=O) groups excluding carboxylic acids is 3. The predicted octanol–water partition coefficient (Wildman–Crippen LogP) is 4.30. The molecule has 2 rings (SSSR count). The fourth-order valence-electron chi connectivity index (χ4n) is 3.12. The van der Waals surface area contributed by atoms with Gasteiger partial charge >= 0.3 is 5.97 Å². The molecule has 9 nitrogen and oxygen atoms in total. The third kappa shape index (κ3) is 8.23. The van der Waals surface area contributed by atoms with Gasteiger partial charge in [-0.25, -0.2) is 5.43 Å². The second kappa shape index (κ2) is 13.6. The summed E-state index contributed by atoms with van der Waals surface area (Å²) in [5.74, 6) is -0.318. The molecule has 0 aliphatic heterocycles. The van der Waals surface area contributed by atoms with Crippen molar-refractivity contribution in [3.8, 4) is 17.2 Å². The topological polar surface area (TPSA) is 115 Å². The number of nitrogens with zero attached hydrogens (tertiary/aromatic N) is 1. The highest BCUT2D eigenvalue weighted by molar-refractivity contribution is 5.97. The minimum Gasteiger partial charge on any atom is -0.493 e. The van der Waals surface area contributed by atoms with Crippen molar-refractivity contribution in [2.24, 2.45) is 5.10 Å². The summed E-state index contributed by atoms with van der Waals surface area (Å²) in [6.45, 7) is 3.40. The van der Waals surface area contributed by atoms with Crippen LogP contribution >= 0.6 is 0 Å². The molecular weight excluding hydrogens is 438 g/mol. The van der Waals surface area contributed by atoms with Crippen LogP contribution in [0.25, 0.3) is 0 Å². The van der Waals surface area contributed by atoms with Crippen molar-refractivity contribution in [1.29, 1.82) is 0 Å². The lowest BCUT2D eigenvalue weighted by Crippen LogP contribution is -2.18. The van der Waals surface area contributed by atoms with Crippen molar-refractivity contribution < 1.29 is 28.6 Å². The van der Waals surface area contributed by atoms with Crippen LogP contribution in [0.4, 0.5) is 5.69 Å². The average Bonchev–Trinajstić information content (AvgIpc) is 2.82. The summed E-state index contributed by atoms with van der Waals surface area (Å²) in [6.07, 6.45) is 5.94. The Morgan fingerprint density at radius 1 is 1.00 bits per heavy atom. The molecule has 0 aliphatic carbocycles. The van der Waals surface area contributed by atoms with Gasteiger partial charge in [-0.3, -0.25) is 14.4 Å². The molecule has 0 bridgehead atoms. The molecule has 2 amide bonds. The standard InChI is InChI=1S/C25H31N3O6/c1-5-6-7-8-12-23(30)27-20-11-9-10-19(15-20)25(31)28-26-16-18-13-21(32-3)24(34-17(2)29)22(14-18)33-4/h9-11,13-16H,5-8,12H2,1-4H3,(H,27,30)(H,28,31)/b26-16+. The van der Waals surface area contributed by atoms with Gasteiger partial charge in [-0.2, -0.15) is 5.10 Å². The lowest BCUT2D eigenvalue weighted by molar-refractivity contribution is -0.132. The SMILES string of the molecule is CCCCCCC(=O)Nc1cccc(C(=O)N/N=C/c2cc(OC)c(OC(C)=O)c(OC)c2)c1. The van der Waals surface area contributed by atoms with Crippen LogP contribution in [0, 0.1) is 0 Å². The zero-order chi connectivity index (χ0) is 24.9. The third-order valence-electron chi connectivity index (χ3n) is 4.77. The molecule has 0 aliphatic rings. The van der Waals surface area contributed by atoms with Gasteiger partial charge in [0.1, 0.15) is 0 Å². The number of hydrogen-bond acceptors (Lipinski definition) is 7. The number of rotatable bonds is 12. The van der Waals surface area contributed by atoms with Crippen LogP contribution in [0.1, 0.15) is 61.9 Å². The number of anilines is 1. The van der Waals surface area contributed by atoms with E-state index in [1.807, 2.05) is 0 Å². The van der Waals surface area contributed by atoms with E-state index >= 15 is 0 Å². The Balaban J connectivity index is 2.03. The monoisotopic (exact) mass is 469 g/mol. The summed E-state index contributed by atoms with van der Waals surface area (Å²) < 4.78 is 15.7. The molecule has 0 saturated carbocycles. The van der Waals surface area contributed by atoms with Gasteiger partial charge in [-0.05, 0) is 36.8 Å². The molecule has 182 valence electrons. The molecular formula is C25H31N3O6. The zero-order valence-corrected chi connectivity index (χ0v) is 20.0. The normalized spacial score (nSPS) is 10.6. The summed E-state index contributed by atoms with van der Waals surface area (Å²) >= 11 is 0. The average molecular weight is 470 g/mol. The first-order valence-electron chi connectivity index (χ1n) is 11.1. The Labute approximate surface area is 199 Å². The Hall–Kier alpha value is -3.88. The number of carbonyl (C=O) groups is 3. The molecule has 0 fully saturated rings. The lowest BCUT2D eigenvalue weighted by atomic mass is 10.1. The number of esters is 1. The Bertz CT molecular complexity index is 1010. The molecule has 2 aromatic rings. The number of unbranched alkanes of at least 4 members (excludes halogenated alkanes) is 3. The first-order valence-corrected chi connectivity index (χ1v) is 11.1. The highest BCUT2D eigenvalue weighted by atomic mass is 16.6. The van der Waals surface area contributed by atoms with E-state index in [0.717, 1.165) is 25.7 Å². The maximum Gasteiger partial charge on any atom is 0.308 e. The Morgan fingerprint density at radius 2 is 1.71 bits per heavy atom. The van der Waals surface area contributed by atoms with E-state index in [9.17, 15) is 14.4 Å². The minimum absolute atomic E-state index is 0.0771. The van der Waals surface area contributed by atoms with E-state index in [2.05, 4.69) is 22.8 Å². The lowest BCUT2D eigenvalue weighted by Gasteiger charge is -2.13. The largest absolute Gasteiger partial charge is 0.493 e. The Kier molecular flexibility index (Phi) is 10.6. The van der Waals surface area contributed by atoms with Gasteiger partial charge in [0.25, 0.3) is 5.91 Å². The fraction of sp³-hybridized carbons (Fsp3) is 0.360. The van der Waals surface area contributed by atoms with Gasteiger partial charge < -0.3 is 19.5 Å². The molecule has 2 N–H and O–H groups in total. The summed E-state index contributed by atoms with van der Waals surface area (Å²) in [6, 6.07) is 9.82. The molecule has 0 spiro atoms. The van der Waals surface area contributed by atoms with E-state index < -0.39 is 11.9 Å². The molecule has 0 saturated heterocycles. The van der Waals surface area contributed by atoms with Crippen LogP contribution in [0.2, 0.25) is 0 Å². The summed E-state index contributed by atoms with van der Waals surface area (Å²) in [4.78, 5) is 35.9. The van der Waals surface area contributed by atoms with Gasteiger partial charge in [0.05, 0.1) is 20.4 Å². The maximum absolute atomic E-state index is 12.5. The van der Waals surface area contributed by atoms with Crippen molar-refractivity contribution in [2.75, 3.05) is 19.5 Å². The highest BCUT2D eigenvalue weighted by Gasteiger charge is 2.16. The van der Waals surface area contributed by atoms with E-state index in [1.165, 1.54) is 27.4 Å². The smallest absolute Gasteiger partial charge is 0.308 e. The molecule has 0 atom stereocenters. The summed E-state index contributed by atoms with van der Waals surface area (Å²) in [5, 5.41) is 6.80. The van der Waals surface area contributed by atoms with Crippen molar-refractivity contribution in [3.63, 3.8) is 0 Å². The van der Waals surface area contributed by atoms with Crippen LogP contribution in [0.15, 0.2) is 41.5 Å². The van der Waals surface area contributed by atoms with Crippen LogP contribution < -0.4 is 25.0 Å². The molecule has 0 radical (unpaired) electrons. The molecule has 0 unspecified atom stereocenters. The fourth-order valence-corrected chi connectivity index (χ4v) is 3.12. The first kappa shape index (κ1) is 26.4.